The van der Waals surface area contributed by atoms with Gasteiger partial charge in [0.25, 0.3) is 0 Å². The van der Waals surface area contributed by atoms with Crippen LogP contribution in [0.2, 0.25) is 0 Å². The van der Waals surface area contributed by atoms with Crippen molar-refractivity contribution in [2.24, 2.45) is 17.2 Å². The molecule has 0 unspecified atom stereocenters. The van der Waals surface area contributed by atoms with Crippen molar-refractivity contribution >= 4 is 0 Å². The molecular formula is C8H33N3. The molecule has 0 saturated carbocycles. The highest BCUT2D eigenvalue weighted by Gasteiger charge is 0.932. The first-order valence-electron chi connectivity index (χ1n) is 2.73. The average Bonchev–Trinajstić information content (AvgIpc) is 2.03. The zero-order valence-electron chi connectivity index (χ0n) is 6.73. The van der Waals surface area contributed by atoms with Crippen LogP contribution in [0, 0.1) is 0 Å². The minimum atomic E-state index is 0. The molecule has 0 aliphatic carbocycles. The minimum absolute atomic E-state index is 0. The Balaban J connectivity index is -0.00000000356. The first-order valence-corrected chi connectivity index (χ1v) is 2.73. The lowest BCUT2D eigenvalue weighted by Crippen LogP contribution is -1.69. The molecule has 0 amide bonds. The lowest BCUT2D eigenvalue weighted by atomic mass is 11.0. The monoisotopic (exact) mass is 171 g/mol. The molecule has 3 heteroatoms. The maximum absolute atomic E-state index is 4.50. The second kappa shape index (κ2) is 54100. The van der Waals surface area contributed by atoms with Crippen molar-refractivity contribution in [3.63, 3.8) is 0 Å². The van der Waals surface area contributed by atoms with Crippen LogP contribution in [0.1, 0.15) is 36.1 Å². The molecule has 0 bridgehead atoms. The fraction of sp³-hybridized carbons (Fsp3) is 1.00. The average molecular weight is 171 g/mol. The standard InChI is InChI=1S/C2H6.3CH5N.3CH4/c4*1-2;;;/h1-2H3;3*2H2,1H3;3*1H4. The number of nitrogens with two attached hydrogens (primary N) is 3. The highest BCUT2D eigenvalue weighted by Crippen LogP contribution is 1.14. The summed E-state index contributed by atoms with van der Waals surface area (Å²) >= 11 is 0. The third-order valence-electron chi connectivity index (χ3n) is 0. The van der Waals surface area contributed by atoms with Gasteiger partial charge in [-0.3, -0.25) is 0 Å². The van der Waals surface area contributed by atoms with Crippen LogP contribution in [-0.4, -0.2) is 21.1 Å². The van der Waals surface area contributed by atoms with Crippen molar-refractivity contribution in [3.05, 3.63) is 0 Å². The van der Waals surface area contributed by atoms with Gasteiger partial charge in [0.1, 0.15) is 0 Å². The molecule has 0 radical (unpaired) electrons. The van der Waals surface area contributed by atoms with Gasteiger partial charge in [0.05, 0.1) is 0 Å². The van der Waals surface area contributed by atoms with Gasteiger partial charge in [-0.2, -0.15) is 0 Å². The fourth-order valence-electron chi connectivity index (χ4n) is 0. The van der Waals surface area contributed by atoms with Gasteiger partial charge >= 0.3 is 0 Å². The molecule has 0 fully saturated rings. The van der Waals surface area contributed by atoms with Crippen molar-refractivity contribution in [1.29, 1.82) is 0 Å². The first-order chi connectivity index (χ1) is 4.00. The molecule has 0 heterocycles. The normalized spacial score (nSPS) is 2.18. The van der Waals surface area contributed by atoms with Crippen molar-refractivity contribution in [2.45, 2.75) is 36.1 Å². The summed E-state index contributed by atoms with van der Waals surface area (Å²) in [6, 6.07) is 0. The molecule has 80 valence electrons. The Kier molecular flexibility index (Phi) is 347000. The van der Waals surface area contributed by atoms with Gasteiger partial charge in [-0.25, -0.2) is 0 Å². The van der Waals surface area contributed by atoms with E-state index in [1.54, 1.807) is 0 Å². The highest BCUT2D eigenvalue weighted by atomic mass is 14.4. The van der Waals surface area contributed by atoms with Gasteiger partial charge in [-0.05, 0) is 21.1 Å². The van der Waals surface area contributed by atoms with Gasteiger partial charge in [-0.15, -0.1) is 0 Å². The van der Waals surface area contributed by atoms with Crippen LogP contribution in [-0.2, 0) is 0 Å². The summed E-state index contributed by atoms with van der Waals surface area (Å²) in [4.78, 5) is 0. The number of hydrogen-bond donors (Lipinski definition) is 3. The third kappa shape index (κ3) is 42600. The first kappa shape index (κ1) is 70.5. The molecular weight excluding hydrogens is 138 g/mol. The Morgan fingerprint density at radius 1 is 0.455 bits per heavy atom. The van der Waals surface area contributed by atoms with Crippen LogP contribution in [0.25, 0.3) is 0 Å². The molecule has 0 aliphatic rings. The summed E-state index contributed by atoms with van der Waals surface area (Å²) in [6.45, 7) is 4.00. The minimum Gasteiger partial charge on any atom is -0.333 e. The summed E-state index contributed by atoms with van der Waals surface area (Å²) in [6.07, 6.45) is 0. The van der Waals surface area contributed by atoms with E-state index in [1.165, 1.54) is 21.1 Å². The Morgan fingerprint density at radius 2 is 0.455 bits per heavy atom. The van der Waals surface area contributed by atoms with Crippen molar-refractivity contribution < 1.29 is 0 Å². The zero-order valence-corrected chi connectivity index (χ0v) is 6.73. The van der Waals surface area contributed by atoms with Gasteiger partial charge in [0.2, 0.25) is 0 Å². The molecule has 0 atom stereocenters. The largest absolute Gasteiger partial charge is 0.333 e. The van der Waals surface area contributed by atoms with E-state index in [1.807, 2.05) is 13.8 Å². The lowest BCUT2D eigenvalue weighted by molar-refractivity contribution is 1.48. The van der Waals surface area contributed by atoms with Crippen LogP contribution in [0.3, 0.4) is 0 Å². The smallest absolute Gasteiger partial charge is 0.0195 e. The van der Waals surface area contributed by atoms with Crippen molar-refractivity contribution in [1.82, 2.24) is 0 Å². The molecule has 0 saturated heterocycles. The molecule has 0 aromatic heterocycles. The zero-order chi connectivity index (χ0) is 8.00. The third-order valence-corrected chi connectivity index (χ3v) is 0. The van der Waals surface area contributed by atoms with E-state index in [4.69, 9.17) is 0 Å². The fourth-order valence-corrected chi connectivity index (χ4v) is 0. The molecule has 0 aliphatic heterocycles. The molecule has 3 nitrogen and oxygen atoms in total. The summed E-state index contributed by atoms with van der Waals surface area (Å²) in [5, 5.41) is 0. The van der Waals surface area contributed by atoms with E-state index in [2.05, 4.69) is 17.2 Å². The van der Waals surface area contributed by atoms with E-state index < -0.39 is 0 Å². The van der Waals surface area contributed by atoms with Crippen LogP contribution >= 0.6 is 0 Å². The van der Waals surface area contributed by atoms with Crippen molar-refractivity contribution in [3.8, 4) is 0 Å². The highest BCUT2D eigenvalue weighted by molar-refractivity contribution is 3.54. The van der Waals surface area contributed by atoms with E-state index in [-0.39, 0.29) is 22.3 Å². The molecule has 0 aromatic rings. The maximum Gasteiger partial charge on any atom is -0.0195 e. The van der Waals surface area contributed by atoms with Crippen LogP contribution < -0.4 is 17.2 Å². The number of rotatable bonds is 0. The topological polar surface area (TPSA) is 78.1 Å². The van der Waals surface area contributed by atoms with Gasteiger partial charge in [-0.1, -0.05) is 36.1 Å². The lowest BCUT2D eigenvalue weighted by Gasteiger charge is -1.19. The summed E-state index contributed by atoms with van der Waals surface area (Å²) in [7, 11) is 4.50. The quantitative estimate of drug-likeness (QED) is 0.518. The van der Waals surface area contributed by atoms with Gasteiger partial charge in [0, 0.05) is 0 Å². The Labute approximate surface area is 75.3 Å². The molecule has 0 spiro atoms. The molecule has 11 heavy (non-hydrogen) atoms. The Bertz CT molecular complexity index is 9.30. The summed E-state index contributed by atoms with van der Waals surface area (Å²) in [5.74, 6) is 0. The van der Waals surface area contributed by atoms with Crippen LogP contribution in [0.5, 0.6) is 0 Å². The van der Waals surface area contributed by atoms with Crippen molar-refractivity contribution in [2.75, 3.05) is 21.1 Å². The van der Waals surface area contributed by atoms with E-state index in [0.717, 1.165) is 0 Å². The number of hydrogen-bond acceptors (Lipinski definition) is 3. The molecule has 0 rings (SSSR count). The second-order valence-corrected chi connectivity index (χ2v) is 0. The predicted octanol–water partition coefficient (Wildman–Crippen LogP) is 1.66. The predicted molar refractivity (Wildman–Crippen MR) is 61.9 cm³/mol. The maximum atomic E-state index is 4.50. The summed E-state index contributed by atoms with van der Waals surface area (Å²) < 4.78 is 0. The molecule has 6 N–H and O–H groups in total. The van der Waals surface area contributed by atoms with E-state index in [0.29, 0.717) is 0 Å². The molecule has 0 aromatic carbocycles. The SMILES string of the molecule is C.C.C.CC.CN.CN.CN. The second-order valence-electron chi connectivity index (χ2n) is 0. The Hall–Kier alpha value is -0.120. The van der Waals surface area contributed by atoms with E-state index >= 15 is 0 Å². The van der Waals surface area contributed by atoms with Crippen LogP contribution in [0.15, 0.2) is 0 Å². The van der Waals surface area contributed by atoms with Gasteiger partial charge < -0.3 is 17.2 Å². The van der Waals surface area contributed by atoms with E-state index in [9.17, 15) is 0 Å². The Morgan fingerprint density at radius 3 is 0.455 bits per heavy atom. The van der Waals surface area contributed by atoms with Gasteiger partial charge in [0.15, 0.2) is 0 Å². The summed E-state index contributed by atoms with van der Waals surface area (Å²) in [5.41, 5.74) is 13.5. The van der Waals surface area contributed by atoms with Crippen LogP contribution in [0.4, 0.5) is 0 Å².